The lowest BCUT2D eigenvalue weighted by Crippen LogP contribution is -2.12. The summed E-state index contributed by atoms with van der Waals surface area (Å²) in [7, 11) is 1.27. The van der Waals surface area contributed by atoms with Gasteiger partial charge in [0, 0.05) is 0 Å². The third kappa shape index (κ3) is 5.19. The van der Waals surface area contributed by atoms with Crippen molar-refractivity contribution in [2.45, 2.75) is 6.92 Å². The lowest BCUT2D eigenvalue weighted by Gasteiger charge is -1.97. The molecule has 0 rings (SSSR count). The first-order valence-corrected chi connectivity index (χ1v) is 4.74. The first-order valence-electron chi connectivity index (χ1n) is 3.75. The second-order valence-corrected chi connectivity index (χ2v) is 3.45. The van der Waals surface area contributed by atoms with Gasteiger partial charge in [-0.2, -0.15) is 0 Å². The molecule has 0 saturated carbocycles. The van der Waals surface area contributed by atoms with Gasteiger partial charge in [0.25, 0.3) is 0 Å². The van der Waals surface area contributed by atoms with Gasteiger partial charge in [0.05, 0.1) is 12.1 Å². The van der Waals surface area contributed by atoms with Crippen molar-refractivity contribution in [1.82, 2.24) is 0 Å². The van der Waals surface area contributed by atoms with E-state index in [1.807, 2.05) is 6.92 Å². The molecule has 4 N–H and O–H groups in total. The average molecular weight is 202 g/mol. The van der Waals surface area contributed by atoms with E-state index in [2.05, 4.69) is 4.74 Å². The number of allylic oxidation sites excluding steroid dienone is 2. The summed E-state index contributed by atoms with van der Waals surface area (Å²) in [4.78, 5) is 10.8. The smallest absolute Gasteiger partial charge is 0.353 e. The molecule has 0 aromatic rings. The van der Waals surface area contributed by atoms with Crippen LogP contribution in [0.25, 0.3) is 0 Å². The van der Waals surface area contributed by atoms with Crippen LogP contribution in [0, 0.1) is 0 Å². The van der Waals surface area contributed by atoms with Crippen LogP contribution in [0.15, 0.2) is 22.9 Å². The van der Waals surface area contributed by atoms with E-state index in [0.717, 1.165) is 5.75 Å². The van der Waals surface area contributed by atoms with Gasteiger partial charge in [-0.15, -0.1) is 11.8 Å². The summed E-state index contributed by atoms with van der Waals surface area (Å²) in [5.41, 5.74) is 10.9. The van der Waals surface area contributed by atoms with Gasteiger partial charge in [0.2, 0.25) is 0 Å². The fraction of sp³-hybridized carbons (Fsp3) is 0.375. The van der Waals surface area contributed by atoms with Gasteiger partial charge in [-0.3, -0.25) is 0 Å². The molecular formula is C8H14N2O2S. The standard InChI is InChI=1S/C8H14N2O2S/c1-3-13-7(10)5-4-6(9)8(11)12-2/h4-5H,3,9-10H2,1-2H3/b6-4-,7-5+. The summed E-state index contributed by atoms with van der Waals surface area (Å²) in [6.07, 6.45) is 3.02. The summed E-state index contributed by atoms with van der Waals surface area (Å²) in [6, 6.07) is 0. The molecule has 0 radical (unpaired) electrons. The molecular weight excluding hydrogens is 188 g/mol. The zero-order valence-electron chi connectivity index (χ0n) is 7.74. The zero-order valence-corrected chi connectivity index (χ0v) is 8.56. The number of methoxy groups -OCH3 is 1. The number of carbonyl (C=O) groups excluding carboxylic acids is 1. The Morgan fingerprint density at radius 1 is 1.46 bits per heavy atom. The van der Waals surface area contributed by atoms with Crippen LogP contribution in [0.5, 0.6) is 0 Å². The van der Waals surface area contributed by atoms with Crippen molar-refractivity contribution >= 4 is 17.7 Å². The lowest BCUT2D eigenvalue weighted by molar-refractivity contribution is -0.136. The molecule has 0 amide bonds. The highest BCUT2D eigenvalue weighted by Crippen LogP contribution is 2.08. The minimum Gasteiger partial charge on any atom is -0.464 e. The van der Waals surface area contributed by atoms with E-state index in [1.165, 1.54) is 24.9 Å². The summed E-state index contributed by atoms with van der Waals surface area (Å²) in [5.74, 6) is 0.333. The molecule has 74 valence electrons. The lowest BCUT2D eigenvalue weighted by atomic mass is 10.4. The highest BCUT2D eigenvalue weighted by atomic mass is 32.2. The first kappa shape index (κ1) is 11.9. The van der Waals surface area contributed by atoms with Crippen molar-refractivity contribution in [2.24, 2.45) is 11.5 Å². The van der Waals surface area contributed by atoms with Gasteiger partial charge < -0.3 is 16.2 Å². The maximum Gasteiger partial charge on any atom is 0.353 e. The topological polar surface area (TPSA) is 78.3 Å². The van der Waals surface area contributed by atoms with E-state index >= 15 is 0 Å². The molecule has 0 fully saturated rings. The molecule has 0 atom stereocenters. The van der Waals surface area contributed by atoms with Crippen molar-refractivity contribution in [2.75, 3.05) is 12.9 Å². The van der Waals surface area contributed by atoms with E-state index in [9.17, 15) is 4.79 Å². The molecule has 0 heterocycles. The molecule has 4 nitrogen and oxygen atoms in total. The highest BCUT2D eigenvalue weighted by molar-refractivity contribution is 8.02. The summed E-state index contributed by atoms with van der Waals surface area (Å²) >= 11 is 1.48. The number of carbonyl (C=O) groups is 1. The summed E-state index contributed by atoms with van der Waals surface area (Å²) < 4.78 is 4.40. The predicted molar refractivity (Wildman–Crippen MR) is 54.7 cm³/mol. The van der Waals surface area contributed by atoms with Gasteiger partial charge in [0.15, 0.2) is 0 Å². The number of nitrogens with two attached hydrogens (primary N) is 2. The van der Waals surface area contributed by atoms with Crippen molar-refractivity contribution in [3.63, 3.8) is 0 Å². The third-order valence-electron chi connectivity index (χ3n) is 1.16. The van der Waals surface area contributed by atoms with Gasteiger partial charge in [-0.25, -0.2) is 4.79 Å². The number of thioether (sulfide) groups is 1. The van der Waals surface area contributed by atoms with E-state index in [4.69, 9.17) is 11.5 Å². The predicted octanol–water partition coefficient (Wildman–Crippen LogP) is 0.555. The third-order valence-corrected chi connectivity index (χ3v) is 1.92. The normalized spacial score (nSPS) is 12.8. The minimum atomic E-state index is -0.550. The van der Waals surface area contributed by atoms with Gasteiger partial charge in [0.1, 0.15) is 5.70 Å². The van der Waals surface area contributed by atoms with Crippen molar-refractivity contribution in [3.8, 4) is 0 Å². The highest BCUT2D eigenvalue weighted by Gasteiger charge is 2.01. The largest absolute Gasteiger partial charge is 0.464 e. The van der Waals surface area contributed by atoms with Crippen molar-refractivity contribution in [1.29, 1.82) is 0 Å². The Morgan fingerprint density at radius 3 is 2.54 bits per heavy atom. The number of hydrogen-bond donors (Lipinski definition) is 2. The second kappa shape index (κ2) is 6.42. The monoisotopic (exact) mass is 202 g/mol. The molecule has 13 heavy (non-hydrogen) atoms. The van der Waals surface area contributed by atoms with Crippen LogP contribution in [0.4, 0.5) is 0 Å². The maximum absolute atomic E-state index is 10.8. The Bertz CT molecular complexity index is 236. The number of hydrogen-bond acceptors (Lipinski definition) is 5. The molecule has 0 unspecified atom stereocenters. The Balaban J connectivity index is 4.23. The molecule has 0 bridgehead atoms. The fourth-order valence-corrected chi connectivity index (χ4v) is 1.07. The number of esters is 1. The van der Waals surface area contributed by atoms with Crippen LogP contribution < -0.4 is 11.5 Å². The van der Waals surface area contributed by atoms with Crippen LogP contribution in [-0.2, 0) is 9.53 Å². The molecule has 0 aromatic carbocycles. The van der Waals surface area contributed by atoms with Gasteiger partial charge >= 0.3 is 5.97 Å². The summed E-state index contributed by atoms with van der Waals surface area (Å²) in [5, 5.41) is 0.620. The second-order valence-electron chi connectivity index (χ2n) is 2.12. The minimum absolute atomic E-state index is 0.0437. The van der Waals surface area contributed by atoms with Crippen LogP contribution in [0.3, 0.4) is 0 Å². The number of rotatable bonds is 4. The molecule has 0 aromatic heterocycles. The van der Waals surface area contributed by atoms with Gasteiger partial charge in [-0.05, 0) is 17.9 Å². The molecule has 0 aliphatic rings. The Morgan fingerprint density at radius 2 is 2.08 bits per heavy atom. The van der Waals surface area contributed by atoms with Crippen LogP contribution >= 0.6 is 11.8 Å². The molecule has 0 saturated heterocycles. The van der Waals surface area contributed by atoms with E-state index in [-0.39, 0.29) is 5.70 Å². The SMILES string of the molecule is CCS/C(N)=C/C=C(\N)C(=O)OC. The molecule has 0 spiro atoms. The quantitative estimate of drug-likeness (QED) is 0.395. The number of ether oxygens (including phenoxy) is 1. The van der Waals surface area contributed by atoms with Crippen molar-refractivity contribution in [3.05, 3.63) is 22.9 Å². The molecule has 5 heteroatoms. The van der Waals surface area contributed by atoms with Crippen LogP contribution in [-0.4, -0.2) is 18.8 Å². The fourth-order valence-electron chi connectivity index (χ4n) is 0.573. The Labute approximate surface area is 82.0 Å². The molecule has 0 aliphatic carbocycles. The molecule has 0 aliphatic heterocycles. The Hall–Kier alpha value is -1.10. The maximum atomic E-state index is 10.8. The Kier molecular flexibility index (Phi) is 5.88. The first-order chi connectivity index (χ1) is 6.11. The van der Waals surface area contributed by atoms with E-state index < -0.39 is 5.97 Å². The van der Waals surface area contributed by atoms with E-state index in [0.29, 0.717) is 5.03 Å². The van der Waals surface area contributed by atoms with Gasteiger partial charge in [-0.1, -0.05) is 6.92 Å². The van der Waals surface area contributed by atoms with E-state index in [1.54, 1.807) is 6.08 Å². The summed E-state index contributed by atoms with van der Waals surface area (Å²) in [6.45, 7) is 1.98. The van der Waals surface area contributed by atoms with Crippen molar-refractivity contribution < 1.29 is 9.53 Å². The zero-order chi connectivity index (χ0) is 10.3. The average Bonchev–Trinajstić information content (AvgIpc) is 2.13. The van der Waals surface area contributed by atoms with Crippen LogP contribution in [0.1, 0.15) is 6.92 Å². The van der Waals surface area contributed by atoms with Crippen LogP contribution in [0.2, 0.25) is 0 Å².